The van der Waals surface area contributed by atoms with Crippen LogP contribution >= 0.6 is 0 Å². The fourth-order valence-corrected chi connectivity index (χ4v) is 1.83. The Morgan fingerprint density at radius 1 is 1.75 bits per heavy atom. The number of cyclic esters (lactones) is 1. The zero-order chi connectivity index (χ0) is 12.3. The van der Waals surface area contributed by atoms with E-state index >= 15 is 0 Å². The van der Waals surface area contributed by atoms with E-state index < -0.39 is 23.3 Å². The number of hydrogen-bond donors (Lipinski definition) is 2. The monoisotopic (exact) mass is 226 g/mol. The van der Waals surface area contributed by atoms with Gasteiger partial charge in [0.25, 0.3) is 0 Å². The summed E-state index contributed by atoms with van der Waals surface area (Å²) in [6.07, 6.45) is 1.43. The number of rotatable bonds is 3. The molecule has 2 atom stereocenters. The van der Waals surface area contributed by atoms with Gasteiger partial charge in [-0.25, -0.2) is 4.79 Å². The van der Waals surface area contributed by atoms with E-state index in [2.05, 4.69) is 6.58 Å². The number of nitrogens with two attached hydrogens (primary N) is 1. The van der Waals surface area contributed by atoms with Gasteiger partial charge in [0.2, 0.25) is 5.91 Å². The normalized spacial score (nSPS) is 28.3. The van der Waals surface area contributed by atoms with Gasteiger partial charge in [-0.15, -0.1) is 6.58 Å². The van der Waals surface area contributed by atoms with Crippen molar-refractivity contribution in [3.63, 3.8) is 0 Å². The van der Waals surface area contributed by atoms with Crippen molar-refractivity contribution in [1.82, 2.24) is 5.32 Å². The summed E-state index contributed by atoms with van der Waals surface area (Å²) in [5.74, 6) is -1.37. The van der Waals surface area contributed by atoms with E-state index in [1.807, 2.05) is 5.32 Å². The molecule has 1 aliphatic rings. The summed E-state index contributed by atoms with van der Waals surface area (Å²) in [5, 5.41) is 1.91. The Kier molecular flexibility index (Phi) is 3.31. The van der Waals surface area contributed by atoms with Gasteiger partial charge in [0.1, 0.15) is 6.10 Å². The molecule has 6 heteroatoms. The van der Waals surface area contributed by atoms with Crippen LogP contribution in [-0.2, 0) is 14.3 Å². The summed E-state index contributed by atoms with van der Waals surface area (Å²) in [6.45, 7) is 5.17. The fraction of sp³-hybridized carbons (Fsp3) is 0.500. The Balaban J connectivity index is 2.97. The molecular weight excluding hydrogens is 212 g/mol. The number of primary amides is 1. The Labute approximate surface area is 92.8 Å². The summed E-state index contributed by atoms with van der Waals surface area (Å²) >= 11 is 0. The van der Waals surface area contributed by atoms with E-state index in [-0.39, 0.29) is 18.9 Å². The van der Waals surface area contributed by atoms with Gasteiger partial charge < -0.3 is 10.5 Å². The molecule has 3 N–H and O–H groups in total. The van der Waals surface area contributed by atoms with Gasteiger partial charge in [-0.1, -0.05) is 6.08 Å². The molecule has 0 radical (unpaired) electrons. The second-order valence-electron chi connectivity index (χ2n) is 3.81. The van der Waals surface area contributed by atoms with E-state index in [4.69, 9.17) is 10.5 Å². The zero-order valence-corrected chi connectivity index (χ0v) is 8.99. The van der Waals surface area contributed by atoms with Gasteiger partial charge in [0.15, 0.2) is 5.41 Å². The van der Waals surface area contributed by atoms with E-state index in [0.29, 0.717) is 0 Å². The highest BCUT2D eigenvalue weighted by molar-refractivity contribution is 6.09. The van der Waals surface area contributed by atoms with Crippen LogP contribution in [0.1, 0.15) is 19.8 Å². The van der Waals surface area contributed by atoms with Gasteiger partial charge in [0.05, 0.1) is 0 Å². The second-order valence-corrected chi connectivity index (χ2v) is 3.81. The quantitative estimate of drug-likeness (QED) is 0.404. The van der Waals surface area contributed by atoms with Crippen LogP contribution < -0.4 is 11.1 Å². The number of imide groups is 1. The molecule has 0 aliphatic carbocycles. The first-order chi connectivity index (χ1) is 7.42. The highest BCUT2D eigenvalue weighted by atomic mass is 16.6. The van der Waals surface area contributed by atoms with Crippen molar-refractivity contribution in [3.8, 4) is 0 Å². The van der Waals surface area contributed by atoms with Crippen LogP contribution in [0.25, 0.3) is 0 Å². The number of carbonyl (C=O) groups is 3. The smallest absolute Gasteiger partial charge is 0.322 e. The molecule has 3 amide bonds. The first kappa shape index (κ1) is 12.2. The Bertz CT molecular complexity index is 353. The number of ether oxygens (including phenoxy) is 1. The third-order valence-corrected chi connectivity index (χ3v) is 2.50. The number of hydrogen-bond acceptors (Lipinski definition) is 4. The Morgan fingerprint density at radius 3 is 2.75 bits per heavy atom. The third kappa shape index (κ3) is 2.05. The highest BCUT2D eigenvalue weighted by Crippen LogP contribution is 2.37. The molecule has 0 aromatic heterocycles. The summed E-state index contributed by atoms with van der Waals surface area (Å²) in [6, 6.07) is -0.985. The molecule has 0 unspecified atom stereocenters. The lowest BCUT2D eigenvalue weighted by Crippen LogP contribution is -2.48. The summed E-state index contributed by atoms with van der Waals surface area (Å²) in [7, 11) is 0. The van der Waals surface area contributed by atoms with Crippen molar-refractivity contribution in [1.29, 1.82) is 0 Å². The molecule has 0 aromatic carbocycles. The lowest BCUT2D eigenvalue weighted by atomic mass is 9.80. The predicted octanol–water partition coefficient (Wildman–Crippen LogP) is 0.0792. The van der Waals surface area contributed by atoms with E-state index in [0.717, 1.165) is 0 Å². The van der Waals surface area contributed by atoms with Crippen LogP contribution in [-0.4, -0.2) is 24.0 Å². The largest absolute Gasteiger partial charge is 0.462 e. The molecule has 88 valence electrons. The molecule has 0 bridgehead atoms. The third-order valence-electron chi connectivity index (χ3n) is 2.50. The summed E-state index contributed by atoms with van der Waals surface area (Å²) in [5.41, 5.74) is 3.48. The van der Waals surface area contributed by atoms with Gasteiger partial charge in [-0.3, -0.25) is 14.9 Å². The molecule has 0 spiro atoms. The molecular formula is C10H14N2O4. The minimum absolute atomic E-state index is 0.120. The van der Waals surface area contributed by atoms with E-state index in [1.54, 1.807) is 6.92 Å². The van der Waals surface area contributed by atoms with Crippen molar-refractivity contribution in [2.75, 3.05) is 0 Å². The molecule has 1 aliphatic heterocycles. The van der Waals surface area contributed by atoms with Crippen LogP contribution in [0.15, 0.2) is 12.7 Å². The van der Waals surface area contributed by atoms with Crippen LogP contribution in [0.5, 0.6) is 0 Å². The topological polar surface area (TPSA) is 98.5 Å². The fourth-order valence-electron chi connectivity index (χ4n) is 1.83. The first-order valence-electron chi connectivity index (χ1n) is 4.85. The molecule has 6 nitrogen and oxygen atoms in total. The molecule has 1 rings (SSSR count). The van der Waals surface area contributed by atoms with Gasteiger partial charge in [-0.05, 0) is 13.3 Å². The first-order valence-corrected chi connectivity index (χ1v) is 4.85. The van der Waals surface area contributed by atoms with Crippen molar-refractivity contribution in [2.24, 2.45) is 11.1 Å². The molecule has 0 saturated carbocycles. The molecule has 1 saturated heterocycles. The van der Waals surface area contributed by atoms with E-state index in [1.165, 1.54) is 6.08 Å². The SMILES string of the molecule is C=CC[C@@]1(C(=O)NC(N)=O)C[C@@H](C)OC1=O. The van der Waals surface area contributed by atoms with Crippen LogP contribution in [0.2, 0.25) is 0 Å². The number of urea groups is 1. The van der Waals surface area contributed by atoms with Gasteiger partial charge in [0, 0.05) is 6.42 Å². The molecule has 1 heterocycles. The van der Waals surface area contributed by atoms with E-state index in [9.17, 15) is 14.4 Å². The molecule has 1 fully saturated rings. The minimum atomic E-state index is -1.36. The summed E-state index contributed by atoms with van der Waals surface area (Å²) < 4.78 is 4.93. The average Bonchev–Trinajstić information content (AvgIpc) is 2.42. The standard InChI is InChI=1S/C10H14N2O4/c1-3-4-10(7(13)12-9(11)15)5-6(2)16-8(10)14/h3,6H,1,4-5H2,2H3,(H3,11,12,13,15)/t6-,10+/m1/s1. The summed E-state index contributed by atoms with van der Waals surface area (Å²) in [4.78, 5) is 34.0. The zero-order valence-electron chi connectivity index (χ0n) is 8.99. The number of carbonyl (C=O) groups excluding carboxylic acids is 3. The van der Waals surface area contributed by atoms with Crippen LogP contribution in [0.3, 0.4) is 0 Å². The maximum absolute atomic E-state index is 11.8. The van der Waals surface area contributed by atoms with Crippen molar-refractivity contribution in [2.45, 2.75) is 25.9 Å². The lowest BCUT2D eigenvalue weighted by molar-refractivity contribution is -0.152. The van der Waals surface area contributed by atoms with Crippen molar-refractivity contribution < 1.29 is 19.1 Å². The minimum Gasteiger partial charge on any atom is -0.462 e. The molecule has 16 heavy (non-hydrogen) atoms. The molecule has 0 aromatic rings. The Hall–Kier alpha value is -1.85. The Morgan fingerprint density at radius 2 is 2.38 bits per heavy atom. The van der Waals surface area contributed by atoms with Gasteiger partial charge in [-0.2, -0.15) is 0 Å². The van der Waals surface area contributed by atoms with Crippen LogP contribution in [0.4, 0.5) is 4.79 Å². The maximum atomic E-state index is 11.8. The van der Waals surface area contributed by atoms with Crippen LogP contribution in [0, 0.1) is 5.41 Å². The van der Waals surface area contributed by atoms with Gasteiger partial charge >= 0.3 is 12.0 Å². The maximum Gasteiger partial charge on any atom is 0.322 e. The lowest BCUT2D eigenvalue weighted by Gasteiger charge is -2.20. The number of allylic oxidation sites excluding steroid dienone is 1. The number of esters is 1. The second kappa shape index (κ2) is 4.34. The van der Waals surface area contributed by atoms with Crippen molar-refractivity contribution >= 4 is 17.9 Å². The number of nitrogens with one attached hydrogen (secondary N) is 1. The highest BCUT2D eigenvalue weighted by Gasteiger charge is 2.53. The average molecular weight is 226 g/mol. The van der Waals surface area contributed by atoms with Crippen molar-refractivity contribution in [3.05, 3.63) is 12.7 Å². The number of amides is 3. The predicted molar refractivity (Wildman–Crippen MR) is 55.1 cm³/mol.